The van der Waals surface area contributed by atoms with E-state index in [0.29, 0.717) is 23.0 Å². The third kappa shape index (κ3) is 3.46. The average molecular weight is 344 g/mol. The summed E-state index contributed by atoms with van der Waals surface area (Å²) in [6, 6.07) is 15.0. The molecule has 6 heteroatoms. The van der Waals surface area contributed by atoms with Gasteiger partial charge in [0.05, 0.1) is 10.7 Å². The molecular weight excluding hydrogens is 329 g/mol. The first-order valence-corrected chi connectivity index (χ1v) is 7.74. The number of hydrogen-bond acceptors (Lipinski definition) is 2. The molecule has 0 spiro atoms. The number of carbonyl (C=O) groups excluding carboxylic acids is 1. The number of carbonyl (C=O) groups is 1. The highest BCUT2D eigenvalue weighted by molar-refractivity contribution is 6.33. The van der Waals surface area contributed by atoms with Gasteiger partial charge >= 0.3 is 0 Å². The highest BCUT2D eigenvalue weighted by atomic mass is 35.5. The molecule has 0 fully saturated rings. The fourth-order valence-electron chi connectivity index (χ4n) is 2.36. The van der Waals surface area contributed by atoms with Crippen LogP contribution in [0.25, 0.3) is 11.3 Å². The number of benzene rings is 2. The van der Waals surface area contributed by atoms with E-state index in [1.165, 1.54) is 16.8 Å². The fraction of sp³-hybridized carbons (Fsp3) is 0.111. The van der Waals surface area contributed by atoms with Gasteiger partial charge in [-0.25, -0.2) is 4.39 Å². The Morgan fingerprint density at radius 3 is 2.62 bits per heavy atom. The lowest BCUT2D eigenvalue weighted by Gasteiger charge is -2.05. The number of nitrogens with zero attached hydrogens (tertiary/aromatic N) is 2. The summed E-state index contributed by atoms with van der Waals surface area (Å²) < 4.78 is 14.4. The molecule has 24 heavy (non-hydrogen) atoms. The Bertz CT molecular complexity index is 874. The van der Waals surface area contributed by atoms with Gasteiger partial charge in [-0.3, -0.25) is 9.48 Å². The minimum Gasteiger partial charge on any atom is -0.347 e. The molecule has 3 aromatic rings. The molecule has 4 nitrogen and oxygen atoms in total. The molecule has 122 valence electrons. The lowest BCUT2D eigenvalue weighted by Crippen LogP contribution is -2.25. The lowest BCUT2D eigenvalue weighted by atomic mass is 10.1. The molecule has 0 saturated heterocycles. The Hall–Kier alpha value is -2.66. The highest BCUT2D eigenvalue weighted by Crippen LogP contribution is 2.26. The molecule has 1 aromatic heterocycles. The van der Waals surface area contributed by atoms with Gasteiger partial charge in [-0.2, -0.15) is 5.10 Å². The molecule has 1 heterocycles. The maximum Gasteiger partial charge on any atom is 0.269 e. The van der Waals surface area contributed by atoms with Crippen LogP contribution in [-0.4, -0.2) is 15.7 Å². The molecule has 0 aliphatic rings. The predicted molar refractivity (Wildman–Crippen MR) is 91.2 cm³/mol. The number of rotatable bonds is 4. The van der Waals surface area contributed by atoms with E-state index in [0.717, 1.165) is 11.1 Å². The molecule has 0 aliphatic carbocycles. The summed E-state index contributed by atoms with van der Waals surface area (Å²) in [5, 5.41) is 7.73. The number of hydrogen-bond donors (Lipinski definition) is 1. The van der Waals surface area contributed by atoms with Crippen molar-refractivity contribution in [2.75, 3.05) is 0 Å². The quantitative estimate of drug-likeness (QED) is 0.783. The molecule has 1 N–H and O–H groups in total. The Morgan fingerprint density at radius 1 is 1.21 bits per heavy atom. The van der Waals surface area contributed by atoms with Crippen LogP contribution in [0.5, 0.6) is 0 Å². The summed E-state index contributed by atoms with van der Waals surface area (Å²) in [4.78, 5) is 12.4. The second-order valence-electron chi connectivity index (χ2n) is 5.33. The first kappa shape index (κ1) is 16.2. The van der Waals surface area contributed by atoms with Crippen molar-refractivity contribution in [3.8, 4) is 11.3 Å². The van der Waals surface area contributed by atoms with Crippen molar-refractivity contribution in [1.82, 2.24) is 15.1 Å². The molecule has 3 rings (SSSR count). The van der Waals surface area contributed by atoms with Crippen LogP contribution in [0.1, 0.15) is 16.1 Å². The van der Waals surface area contributed by atoms with Crippen molar-refractivity contribution in [2.24, 2.45) is 7.05 Å². The summed E-state index contributed by atoms with van der Waals surface area (Å²) in [5.74, 6) is -0.561. The van der Waals surface area contributed by atoms with E-state index in [2.05, 4.69) is 10.4 Å². The average Bonchev–Trinajstić information content (AvgIpc) is 2.96. The highest BCUT2D eigenvalue weighted by Gasteiger charge is 2.15. The fourth-order valence-corrected chi connectivity index (χ4v) is 2.59. The molecule has 1 amide bonds. The Labute approximate surface area is 143 Å². The summed E-state index contributed by atoms with van der Waals surface area (Å²) >= 11 is 6.17. The topological polar surface area (TPSA) is 46.9 Å². The SMILES string of the molecule is Cn1nc(-c2ccccc2Cl)cc1C(=O)NCc1ccc(F)cc1. The Kier molecular flexibility index (Phi) is 4.62. The van der Waals surface area contributed by atoms with Crippen molar-refractivity contribution in [3.63, 3.8) is 0 Å². The van der Waals surface area contributed by atoms with Gasteiger partial charge in [0, 0.05) is 19.2 Å². The van der Waals surface area contributed by atoms with Crippen molar-refractivity contribution in [3.05, 3.63) is 76.7 Å². The molecule has 0 unspecified atom stereocenters. The van der Waals surface area contributed by atoms with Crippen molar-refractivity contribution < 1.29 is 9.18 Å². The monoisotopic (exact) mass is 343 g/mol. The van der Waals surface area contributed by atoms with Gasteiger partial charge in [-0.05, 0) is 29.8 Å². The van der Waals surface area contributed by atoms with E-state index in [-0.39, 0.29) is 11.7 Å². The Morgan fingerprint density at radius 2 is 1.92 bits per heavy atom. The summed E-state index contributed by atoms with van der Waals surface area (Å²) in [6.45, 7) is 0.311. The summed E-state index contributed by atoms with van der Waals surface area (Å²) in [7, 11) is 1.70. The predicted octanol–water partition coefficient (Wildman–Crippen LogP) is 3.81. The standard InChI is InChI=1S/C18H15ClFN3O/c1-23-17(10-16(22-23)14-4-2-3-5-15(14)19)18(24)21-11-12-6-8-13(20)9-7-12/h2-10H,11H2,1H3,(H,21,24). The van der Waals surface area contributed by atoms with Crippen LogP contribution in [0, 0.1) is 5.82 Å². The zero-order valence-electron chi connectivity index (χ0n) is 13.0. The second kappa shape index (κ2) is 6.84. The van der Waals surface area contributed by atoms with Gasteiger partial charge in [0.15, 0.2) is 0 Å². The second-order valence-corrected chi connectivity index (χ2v) is 5.73. The zero-order chi connectivity index (χ0) is 17.1. The Balaban J connectivity index is 1.76. The lowest BCUT2D eigenvalue weighted by molar-refractivity contribution is 0.0941. The van der Waals surface area contributed by atoms with Crippen LogP contribution in [-0.2, 0) is 13.6 Å². The van der Waals surface area contributed by atoms with Crippen molar-refractivity contribution >= 4 is 17.5 Å². The third-order valence-corrected chi connectivity index (χ3v) is 3.96. The number of aromatic nitrogens is 2. The van der Waals surface area contributed by atoms with E-state index in [1.807, 2.05) is 18.2 Å². The summed E-state index contributed by atoms with van der Waals surface area (Å²) in [6.07, 6.45) is 0. The number of aryl methyl sites for hydroxylation is 1. The van der Waals surface area contributed by atoms with Gasteiger partial charge in [0.25, 0.3) is 5.91 Å². The maximum atomic E-state index is 12.9. The zero-order valence-corrected chi connectivity index (χ0v) is 13.7. The van der Waals surface area contributed by atoms with Gasteiger partial charge in [-0.1, -0.05) is 41.9 Å². The van der Waals surface area contributed by atoms with Crippen molar-refractivity contribution in [1.29, 1.82) is 0 Å². The van der Waals surface area contributed by atoms with Crippen molar-refractivity contribution in [2.45, 2.75) is 6.54 Å². The first-order chi connectivity index (χ1) is 11.5. The van der Waals surface area contributed by atoms with Crippen LogP contribution < -0.4 is 5.32 Å². The smallest absolute Gasteiger partial charge is 0.269 e. The minimum atomic E-state index is -0.305. The number of nitrogens with one attached hydrogen (secondary N) is 1. The molecule has 0 aliphatic heterocycles. The van der Waals surface area contributed by atoms with Crippen LogP contribution in [0.15, 0.2) is 54.6 Å². The minimum absolute atomic E-state index is 0.257. The van der Waals surface area contributed by atoms with Crippen LogP contribution in [0.3, 0.4) is 0 Å². The largest absolute Gasteiger partial charge is 0.347 e. The van der Waals surface area contributed by atoms with Gasteiger partial charge < -0.3 is 5.32 Å². The van der Waals surface area contributed by atoms with E-state index in [1.54, 1.807) is 31.3 Å². The van der Waals surface area contributed by atoms with E-state index >= 15 is 0 Å². The van der Waals surface area contributed by atoms with Crippen LogP contribution in [0.4, 0.5) is 4.39 Å². The molecule has 2 aromatic carbocycles. The third-order valence-electron chi connectivity index (χ3n) is 3.63. The molecule has 0 atom stereocenters. The van der Waals surface area contributed by atoms with Gasteiger partial charge in [-0.15, -0.1) is 0 Å². The normalized spacial score (nSPS) is 10.6. The number of amides is 1. The molecule has 0 radical (unpaired) electrons. The van der Waals surface area contributed by atoms with E-state index in [4.69, 9.17) is 11.6 Å². The van der Waals surface area contributed by atoms with E-state index in [9.17, 15) is 9.18 Å². The van der Waals surface area contributed by atoms with Gasteiger partial charge in [0.2, 0.25) is 0 Å². The first-order valence-electron chi connectivity index (χ1n) is 7.36. The maximum absolute atomic E-state index is 12.9. The van der Waals surface area contributed by atoms with Crippen LogP contribution >= 0.6 is 11.6 Å². The molecule has 0 bridgehead atoms. The summed E-state index contributed by atoms with van der Waals surface area (Å²) in [5.41, 5.74) is 2.65. The molecule has 0 saturated carbocycles. The molecular formula is C18H15ClFN3O. The van der Waals surface area contributed by atoms with Gasteiger partial charge in [0.1, 0.15) is 11.5 Å². The van der Waals surface area contributed by atoms with Crippen LogP contribution in [0.2, 0.25) is 5.02 Å². The number of halogens is 2. The van der Waals surface area contributed by atoms with E-state index < -0.39 is 0 Å².